The van der Waals surface area contributed by atoms with Crippen molar-refractivity contribution in [2.24, 2.45) is 0 Å². The summed E-state index contributed by atoms with van der Waals surface area (Å²) in [5.41, 5.74) is -2.08. The van der Waals surface area contributed by atoms with Gasteiger partial charge >= 0.3 is 12.1 Å². The first-order valence-corrected chi connectivity index (χ1v) is 5.91. The number of nitrogens with zero attached hydrogens (tertiary/aromatic N) is 1. The van der Waals surface area contributed by atoms with Crippen molar-refractivity contribution in [1.82, 2.24) is 4.90 Å². The molecule has 5 heteroatoms. The molecule has 1 amide bonds. The van der Waals surface area contributed by atoms with Gasteiger partial charge in [-0.3, -0.25) is 4.90 Å². The molecule has 0 aromatic rings. The smallest absolute Gasteiger partial charge is 0.412 e. The van der Waals surface area contributed by atoms with Crippen molar-refractivity contribution in [3.05, 3.63) is 0 Å². The number of carboxylic acids is 1. The van der Waals surface area contributed by atoms with Gasteiger partial charge in [0.1, 0.15) is 5.60 Å². The van der Waals surface area contributed by atoms with E-state index in [-0.39, 0.29) is 0 Å². The van der Waals surface area contributed by atoms with Crippen LogP contribution in [-0.2, 0) is 9.53 Å². The number of ether oxygens (including phenoxy) is 1. The van der Waals surface area contributed by atoms with Crippen LogP contribution < -0.4 is 0 Å². The van der Waals surface area contributed by atoms with Gasteiger partial charge in [-0.2, -0.15) is 0 Å². The Labute approximate surface area is 107 Å². The fraction of sp³-hybridized carbons (Fsp3) is 0.692. The third-order valence-electron chi connectivity index (χ3n) is 2.68. The fourth-order valence-electron chi connectivity index (χ4n) is 2.00. The van der Waals surface area contributed by atoms with Crippen LogP contribution in [0.4, 0.5) is 4.79 Å². The maximum Gasteiger partial charge on any atom is 0.412 e. The van der Waals surface area contributed by atoms with Gasteiger partial charge in [-0.1, -0.05) is 5.92 Å². The van der Waals surface area contributed by atoms with Gasteiger partial charge in [-0.05, 0) is 40.5 Å². The zero-order valence-electron chi connectivity index (χ0n) is 11.2. The number of carbonyl (C=O) groups is 2. The van der Waals surface area contributed by atoms with Crippen LogP contribution in [-0.4, -0.2) is 39.8 Å². The molecule has 5 nitrogen and oxygen atoms in total. The lowest BCUT2D eigenvalue weighted by Crippen LogP contribution is -2.53. The number of carboxylic acid groups (broad SMARTS) is 1. The lowest BCUT2D eigenvalue weighted by molar-refractivity contribution is -0.145. The SMILES string of the molecule is CC#C[C@@]1(C(=O)O)CCCN1C(=O)OC(C)(C)C. The molecule has 0 unspecified atom stereocenters. The molecule has 0 radical (unpaired) electrons. The molecule has 0 aliphatic carbocycles. The van der Waals surface area contributed by atoms with Gasteiger partial charge in [0.25, 0.3) is 0 Å². The second-order valence-corrected chi connectivity index (χ2v) is 5.28. The molecule has 0 aromatic heterocycles. The highest BCUT2D eigenvalue weighted by Crippen LogP contribution is 2.30. The molecule has 1 heterocycles. The van der Waals surface area contributed by atoms with Gasteiger partial charge in [-0.15, -0.1) is 5.92 Å². The molecule has 18 heavy (non-hydrogen) atoms. The highest BCUT2D eigenvalue weighted by molar-refractivity contribution is 5.89. The molecule has 100 valence electrons. The molecule has 1 saturated heterocycles. The van der Waals surface area contributed by atoms with Gasteiger partial charge < -0.3 is 9.84 Å². The van der Waals surface area contributed by atoms with E-state index in [2.05, 4.69) is 11.8 Å². The van der Waals surface area contributed by atoms with Crippen molar-refractivity contribution >= 4 is 12.1 Å². The molecular weight excluding hydrogens is 234 g/mol. The molecule has 0 bridgehead atoms. The van der Waals surface area contributed by atoms with E-state index in [9.17, 15) is 14.7 Å². The van der Waals surface area contributed by atoms with Crippen molar-refractivity contribution in [3.63, 3.8) is 0 Å². The minimum Gasteiger partial charge on any atom is -0.479 e. The Hall–Kier alpha value is -1.70. The molecule has 1 fully saturated rings. The van der Waals surface area contributed by atoms with Crippen LogP contribution >= 0.6 is 0 Å². The Kier molecular flexibility index (Phi) is 3.90. The predicted octanol–water partition coefficient (Wildman–Crippen LogP) is 1.86. The van der Waals surface area contributed by atoms with Crippen LogP contribution in [0.25, 0.3) is 0 Å². The van der Waals surface area contributed by atoms with Gasteiger partial charge in [0.2, 0.25) is 5.54 Å². The van der Waals surface area contributed by atoms with Gasteiger partial charge in [0.15, 0.2) is 0 Å². The lowest BCUT2D eigenvalue weighted by atomic mass is 9.97. The van der Waals surface area contributed by atoms with Crippen molar-refractivity contribution in [2.45, 2.75) is 51.7 Å². The quantitative estimate of drug-likeness (QED) is 0.724. The Bertz CT molecular complexity index is 413. The number of carbonyl (C=O) groups excluding carboxylic acids is 1. The second-order valence-electron chi connectivity index (χ2n) is 5.28. The molecule has 0 saturated carbocycles. The first kappa shape index (κ1) is 14.4. The maximum absolute atomic E-state index is 12.0. The summed E-state index contributed by atoms with van der Waals surface area (Å²) in [7, 11) is 0. The van der Waals surface area contributed by atoms with Crippen molar-refractivity contribution in [3.8, 4) is 11.8 Å². The minimum absolute atomic E-state index is 0.336. The van der Waals surface area contributed by atoms with Crippen LogP contribution in [0.1, 0.15) is 40.5 Å². The highest BCUT2D eigenvalue weighted by Gasteiger charge is 2.50. The Balaban J connectivity index is 3.02. The predicted molar refractivity (Wildman–Crippen MR) is 66.0 cm³/mol. The maximum atomic E-state index is 12.0. The molecule has 1 aliphatic heterocycles. The summed E-state index contributed by atoms with van der Waals surface area (Å²) in [5, 5.41) is 9.36. The first-order valence-electron chi connectivity index (χ1n) is 5.91. The van der Waals surface area contributed by atoms with E-state index in [4.69, 9.17) is 4.74 Å². The van der Waals surface area contributed by atoms with Crippen LogP contribution in [0.15, 0.2) is 0 Å². The van der Waals surface area contributed by atoms with Gasteiger partial charge in [0.05, 0.1) is 0 Å². The third-order valence-corrected chi connectivity index (χ3v) is 2.68. The van der Waals surface area contributed by atoms with Crippen LogP contribution in [0, 0.1) is 11.8 Å². The van der Waals surface area contributed by atoms with Crippen molar-refractivity contribution in [2.75, 3.05) is 6.54 Å². The zero-order valence-corrected chi connectivity index (χ0v) is 11.2. The number of aliphatic carboxylic acids is 1. The summed E-state index contributed by atoms with van der Waals surface area (Å²) in [6.07, 6.45) is 0.327. The number of hydrogen-bond donors (Lipinski definition) is 1. The average molecular weight is 253 g/mol. The molecular formula is C13H19NO4. The fourth-order valence-corrected chi connectivity index (χ4v) is 2.00. The van der Waals surface area contributed by atoms with Gasteiger partial charge in [0, 0.05) is 6.54 Å². The van der Waals surface area contributed by atoms with Gasteiger partial charge in [-0.25, -0.2) is 9.59 Å². The Morgan fingerprint density at radius 2 is 2.00 bits per heavy atom. The molecule has 1 N–H and O–H groups in total. The average Bonchev–Trinajstić information content (AvgIpc) is 2.60. The van der Waals surface area contributed by atoms with Crippen LogP contribution in [0.5, 0.6) is 0 Å². The van der Waals surface area contributed by atoms with Crippen LogP contribution in [0.2, 0.25) is 0 Å². The Morgan fingerprint density at radius 1 is 1.39 bits per heavy atom. The zero-order chi connectivity index (χ0) is 14.0. The number of rotatable bonds is 1. The summed E-state index contributed by atoms with van der Waals surface area (Å²) in [6.45, 7) is 7.16. The first-order chi connectivity index (χ1) is 8.23. The topological polar surface area (TPSA) is 66.8 Å². The highest BCUT2D eigenvalue weighted by atomic mass is 16.6. The molecule has 1 aliphatic rings. The normalized spacial score (nSPS) is 23.2. The summed E-state index contributed by atoms with van der Waals surface area (Å²) in [6, 6.07) is 0. The summed E-state index contributed by atoms with van der Waals surface area (Å²) in [5.74, 6) is 4.15. The monoisotopic (exact) mass is 253 g/mol. The van der Waals surface area contributed by atoms with E-state index in [1.54, 1.807) is 27.7 Å². The number of likely N-dealkylation sites (tertiary alicyclic amines) is 1. The van der Waals surface area contributed by atoms with E-state index in [0.717, 1.165) is 0 Å². The number of amides is 1. The molecule has 1 rings (SSSR count). The van der Waals surface area contributed by atoms with Crippen molar-refractivity contribution in [1.29, 1.82) is 0 Å². The standard InChI is InChI=1S/C13H19NO4/c1-5-7-13(10(15)16)8-6-9-14(13)11(17)18-12(2,3)4/h6,8-9H2,1-4H3,(H,15,16)/t13-/m0/s1. The molecule has 1 atom stereocenters. The Morgan fingerprint density at radius 3 is 2.44 bits per heavy atom. The van der Waals surface area contributed by atoms with E-state index < -0.39 is 23.2 Å². The largest absolute Gasteiger partial charge is 0.479 e. The third kappa shape index (κ3) is 2.76. The van der Waals surface area contributed by atoms with E-state index in [1.807, 2.05) is 0 Å². The summed E-state index contributed by atoms with van der Waals surface area (Å²) in [4.78, 5) is 24.7. The lowest BCUT2D eigenvalue weighted by Gasteiger charge is -2.32. The summed E-state index contributed by atoms with van der Waals surface area (Å²) < 4.78 is 5.23. The second kappa shape index (κ2) is 4.89. The number of hydrogen-bond acceptors (Lipinski definition) is 3. The van der Waals surface area contributed by atoms with Crippen molar-refractivity contribution < 1.29 is 19.4 Å². The minimum atomic E-state index is -1.43. The summed E-state index contributed by atoms with van der Waals surface area (Å²) >= 11 is 0. The van der Waals surface area contributed by atoms with E-state index in [1.165, 1.54) is 4.90 Å². The molecule has 0 spiro atoms. The van der Waals surface area contributed by atoms with Crippen LogP contribution in [0.3, 0.4) is 0 Å². The molecule has 0 aromatic carbocycles. The van der Waals surface area contributed by atoms with E-state index in [0.29, 0.717) is 19.4 Å². The van der Waals surface area contributed by atoms with E-state index >= 15 is 0 Å².